The van der Waals surface area contributed by atoms with Gasteiger partial charge in [0.25, 0.3) is 5.91 Å². The number of aromatic nitrogens is 2. The number of nitrogens with one attached hydrogen (secondary N) is 2. The zero-order valence-electron chi connectivity index (χ0n) is 13.3. The van der Waals surface area contributed by atoms with Crippen LogP contribution in [-0.4, -0.2) is 36.6 Å². The van der Waals surface area contributed by atoms with Crippen molar-refractivity contribution in [2.45, 2.75) is 6.42 Å². The Labute approximate surface area is 144 Å². The summed E-state index contributed by atoms with van der Waals surface area (Å²) >= 11 is 0. The van der Waals surface area contributed by atoms with Crippen LogP contribution in [0.1, 0.15) is 16.8 Å². The van der Waals surface area contributed by atoms with Gasteiger partial charge in [0.15, 0.2) is 0 Å². The van der Waals surface area contributed by atoms with Gasteiger partial charge in [-0.1, -0.05) is 18.2 Å². The molecule has 1 aliphatic heterocycles. The van der Waals surface area contributed by atoms with Crippen LogP contribution in [0.25, 0.3) is 11.0 Å². The SMILES string of the molecule is O=C(Nc1nc2ccccc2[nH]1)c1cccc(N2CCCS2(=O)=O)c1. The van der Waals surface area contributed by atoms with E-state index in [9.17, 15) is 13.2 Å². The highest BCUT2D eigenvalue weighted by molar-refractivity contribution is 7.93. The molecule has 0 spiro atoms. The number of sulfonamides is 1. The number of para-hydroxylation sites is 2. The third-order valence-corrected chi connectivity index (χ3v) is 5.99. The Balaban J connectivity index is 1.59. The fourth-order valence-electron chi connectivity index (χ4n) is 2.92. The molecule has 1 fully saturated rings. The standard InChI is InChI=1S/C17H16N4O3S/c22-16(20-17-18-14-7-1-2-8-15(14)19-17)12-5-3-6-13(11-12)21-9-4-10-25(21,23)24/h1-3,5-8,11H,4,9-10H2,(H2,18,19,20,22). The summed E-state index contributed by atoms with van der Waals surface area (Å²) in [4.78, 5) is 19.8. The lowest BCUT2D eigenvalue weighted by Gasteiger charge is -2.17. The monoisotopic (exact) mass is 356 g/mol. The maximum Gasteiger partial charge on any atom is 0.258 e. The van der Waals surface area contributed by atoms with Gasteiger partial charge in [0.05, 0.1) is 22.5 Å². The fourth-order valence-corrected chi connectivity index (χ4v) is 4.48. The van der Waals surface area contributed by atoms with Gasteiger partial charge >= 0.3 is 0 Å². The van der Waals surface area contributed by atoms with Crippen molar-refractivity contribution in [1.82, 2.24) is 9.97 Å². The molecule has 25 heavy (non-hydrogen) atoms. The number of rotatable bonds is 3. The quantitative estimate of drug-likeness (QED) is 0.753. The van der Waals surface area contributed by atoms with Gasteiger partial charge in [-0.05, 0) is 36.8 Å². The van der Waals surface area contributed by atoms with Crippen molar-refractivity contribution < 1.29 is 13.2 Å². The van der Waals surface area contributed by atoms with Gasteiger partial charge in [0.1, 0.15) is 0 Å². The molecule has 7 nitrogen and oxygen atoms in total. The first-order chi connectivity index (χ1) is 12.0. The molecule has 0 radical (unpaired) electrons. The number of hydrogen-bond donors (Lipinski definition) is 2. The van der Waals surface area contributed by atoms with Gasteiger partial charge in [-0.2, -0.15) is 0 Å². The van der Waals surface area contributed by atoms with E-state index in [0.717, 1.165) is 11.0 Å². The topological polar surface area (TPSA) is 95.2 Å². The molecule has 0 bridgehead atoms. The number of anilines is 2. The summed E-state index contributed by atoms with van der Waals surface area (Å²) in [5, 5.41) is 2.71. The first-order valence-electron chi connectivity index (χ1n) is 7.89. The molecule has 0 unspecified atom stereocenters. The van der Waals surface area contributed by atoms with Crippen LogP contribution in [0.4, 0.5) is 11.6 Å². The smallest absolute Gasteiger partial charge is 0.258 e. The Morgan fingerprint density at radius 3 is 2.76 bits per heavy atom. The number of carbonyl (C=O) groups excluding carboxylic acids is 1. The number of benzene rings is 2. The second kappa shape index (κ2) is 5.89. The second-order valence-corrected chi connectivity index (χ2v) is 7.86. The maximum absolute atomic E-state index is 12.5. The number of amides is 1. The predicted octanol–water partition coefficient (Wildman–Crippen LogP) is 2.36. The zero-order chi connectivity index (χ0) is 17.4. The van der Waals surface area contributed by atoms with Crippen LogP contribution in [0, 0.1) is 0 Å². The van der Waals surface area contributed by atoms with Gasteiger partial charge < -0.3 is 4.98 Å². The van der Waals surface area contributed by atoms with Crippen LogP contribution in [0.5, 0.6) is 0 Å². The highest BCUT2D eigenvalue weighted by Crippen LogP contribution is 2.25. The Kier molecular flexibility index (Phi) is 3.69. The summed E-state index contributed by atoms with van der Waals surface area (Å²) in [6, 6.07) is 14.1. The number of aromatic amines is 1. The van der Waals surface area contributed by atoms with E-state index in [-0.39, 0.29) is 11.7 Å². The first-order valence-corrected chi connectivity index (χ1v) is 9.50. The van der Waals surface area contributed by atoms with Crippen molar-refractivity contribution in [1.29, 1.82) is 0 Å². The third kappa shape index (κ3) is 2.96. The Bertz CT molecular complexity index is 1030. The van der Waals surface area contributed by atoms with Crippen molar-refractivity contribution in [3.8, 4) is 0 Å². The molecule has 1 aromatic heterocycles. The summed E-state index contributed by atoms with van der Waals surface area (Å²) < 4.78 is 25.4. The van der Waals surface area contributed by atoms with Crippen molar-refractivity contribution in [2.24, 2.45) is 0 Å². The van der Waals surface area contributed by atoms with Crippen molar-refractivity contribution in [3.05, 3.63) is 54.1 Å². The Morgan fingerprint density at radius 2 is 2.00 bits per heavy atom. The average molecular weight is 356 g/mol. The molecule has 1 aliphatic rings. The number of nitrogens with zero attached hydrogens (tertiary/aromatic N) is 2. The summed E-state index contributed by atoms with van der Waals surface area (Å²) in [5.74, 6) is 0.144. The maximum atomic E-state index is 12.5. The number of hydrogen-bond acceptors (Lipinski definition) is 4. The van der Waals surface area contributed by atoms with E-state index in [1.807, 2.05) is 24.3 Å². The van der Waals surface area contributed by atoms with E-state index in [1.165, 1.54) is 4.31 Å². The van der Waals surface area contributed by atoms with Crippen molar-refractivity contribution in [3.63, 3.8) is 0 Å². The lowest BCUT2D eigenvalue weighted by atomic mass is 10.2. The minimum atomic E-state index is -3.28. The van der Waals surface area contributed by atoms with E-state index in [0.29, 0.717) is 30.2 Å². The number of carbonyl (C=O) groups is 1. The van der Waals surface area contributed by atoms with Crippen LogP contribution >= 0.6 is 0 Å². The summed E-state index contributed by atoms with van der Waals surface area (Å²) in [7, 11) is -3.28. The van der Waals surface area contributed by atoms with Crippen LogP contribution in [0.2, 0.25) is 0 Å². The summed E-state index contributed by atoms with van der Waals surface area (Å²) in [6.45, 7) is 0.441. The van der Waals surface area contributed by atoms with Crippen LogP contribution < -0.4 is 9.62 Å². The van der Waals surface area contributed by atoms with Crippen molar-refractivity contribution >= 4 is 38.6 Å². The lowest BCUT2D eigenvalue weighted by molar-refractivity contribution is 0.102. The van der Waals surface area contributed by atoms with E-state index in [1.54, 1.807) is 24.3 Å². The Morgan fingerprint density at radius 1 is 1.16 bits per heavy atom. The van der Waals surface area contributed by atoms with E-state index in [4.69, 9.17) is 0 Å². The average Bonchev–Trinajstić information content (AvgIpc) is 3.16. The van der Waals surface area contributed by atoms with Crippen LogP contribution in [0.15, 0.2) is 48.5 Å². The highest BCUT2D eigenvalue weighted by atomic mass is 32.2. The number of fused-ring (bicyclic) bond motifs is 1. The van der Waals surface area contributed by atoms with Gasteiger partial charge in [0, 0.05) is 12.1 Å². The number of H-pyrrole nitrogens is 1. The molecule has 2 N–H and O–H groups in total. The Hall–Kier alpha value is -2.87. The van der Waals surface area contributed by atoms with E-state index < -0.39 is 10.0 Å². The molecular formula is C17H16N4O3S. The predicted molar refractivity (Wildman–Crippen MR) is 96.2 cm³/mol. The fraction of sp³-hybridized carbons (Fsp3) is 0.176. The highest BCUT2D eigenvalue weighted by Gasteiger charge is 2.28. The van der Waals surface area contributed by atoms with Gasteiger partial charge in [-0.15, -0.1) is 0 Å². The molecule has 0 saturated carbocycles. The molecular weight excluding hydrogens is 340 g/mol. The zero-order valence-corrected chi connectivity index (χ0v) is 14.1. The summed E-state index contributed by atoms with van der Waals surface area (Å²) in [6.07, 6.45) is 0.595. The molecule has 2 aromatic carbocycles. The summed E-state index contributed by atoms with van der Waals surface area (Å²) in [5.41, 5.74) is 2.47. The molecule has 0 aliphatic carbocycles. The third-order valence-electron chi connectivity index (χ3n) is 4.12. The van der Waals surface area contributed by atoms with Crippen LogP contribution in [-0.2, 0) is 10.0 Å². The van der Waals surface area contributed by atoms with Gasteiger partial charge in [0.2, 0.25) is 16.0 Å². The van der Waals surface area contributed by atoms with Gasteiger partial charge in [-0.25, -0.2) is 13.4 Å². The molecule has 2 heterocycles. The molecule has 128 valence electrons. The molecule has 1 saturated heterocycles. The van der Waals surface area contributed by atoms with Gasteiger partial charge in [-0.3, -0.25) is 14.4 Å². The lowest BCUT2D eigenvalue weighted by Crippen LogP contribution is -2.25. The molecule has 8 heteroatoms. The van der Waals surface area contributed by atoms with Crippen molar-refractivity contribution in [2.75, 3.05) is 21.9 Å². The minimum absolute atomic E-state index is 0.141. The largest absolute Gasteiger partial charge is 0.324 e. The second-order valence-electron chi connectivity index (χ2n) is 5.85. The molecule has 1 amide bonds. The van der Waals surface area contributed by atoms with E-state index in [2.05, 4.69) is 15.3 Å². The first kappa shape index (κ1) is 15.6. The minimum Gasteiger partial charge on any atom is -0.324 e. The molecule has 0 atom stereocenters. The van der Waals surface area contributed by atoms with Crippen LogP contribution in [0.3, 0.4) is 0 Å². The molecule has 4 rings (SSSR count). The number of imidazole rings is 1. The normalized spacial score (nSPS) is 16.2. The van der Waals surface area contributed by atoms with E-state index >= 15 is 0 Å². The molecule has 3 aromatic rings.